The SMILES string of the molecule is COCCOC(=O)c1c(C)[nH]c(C(=O)N2CCN(C(=O)c3cc(Cl)ccc3F)CC2)c1C. The molecule has 1 fully saturated rings. The molecule has 2 aromatic rings. The summed E-state index contributed by atoms with van der Waals surface area (Å²) in [5, 5.41) is 0.276. The first-order valence-corrected chi connectivity index (χ1v) is 10.5. The molecule has 2 amide bonds. The summed E-state index contributed by atoms with van der Waals surface area (Å²) >= 11 is 5.89. The number of aryl methyl sites for hydroxylation is 1. The van der Waals surface area contributed by atoms with Crippen LogP contribution in [0.3, 0.4) is 0 Å². The number of benzene rings is 1. The van der Waals surface area contributed by atoms with Gasteiger partial charge in [0.1, 0.15) is 18.1 Å². The molecule has 3 rings (SSSR count). The third-order valence-electron chi connectivity index (χ3n) is 5.39. The average Bonchev–Trinajstić information content (AvgIpc) is 3.08. The van der Waals surface area contributed by atoms with E-state index in [4.69, 9.17) is 21.1 Å². The molecule has 1 aliphatic heterocycles. The second kappa shape index (κ2) is 10.1. The molecule has 0 saturated carbocycles. The first-order valence-electron chi connectivity index (χ1n) is 10.1. The number of hydrogen-bond donors (Lipinski definition) is 1. The summed E-state index contributed by atoms with van der Waals surface area (Å²) in [5.74, 6) is -1.90. The maximum absolute atomic E-state index is 14.0. The van der Waals surface area contributed by atoms with E-state index in [1.165, 1.54) is 24.1 Å². The van der Waals surface area contributed by atoms with Crippen LogP contribution in [0.5, 0.6) is 0 Å². The molecule has 2 heterocycles. The Bertz CT molecular complexity index is 1030. The Morgan fingerprint density at radius 2 is 1.69 bits per heavy atom. The number of ether oxygens (including phenoxy) is 2. The van der Waals surface area contributed by atoms with Gasteiger partial charge < -0.3 is 24.3 Å². The average molecular weight is 466 g/mol. The molecule has 172 valence electrons. The molecule has 0 aliphatic carbocycles. The lowest BCUT2D eigenvalue weighted by molar-refractivity contribution is 0.0386. The number of H-pyrrole nitrogens is 1. The van der Waals surface area contributed by atoms with Crippen LogP contribution in [-0.4, -0.2) is 79.1 Å². The quantitative estimate of drug-likeness (QED) is 0.523. The highest BCUT2D eigenvalue weighted by Gasteiger charge is 2.30. The number of rotatable bonds is 6. The summed E-state index contributed by atoms with van der Waals surface area (Å²) in [6.07, 6.45) is 0. The van der Waals surface area contributed by atoms with Gasteiger partial charge in [-0.2, -0.15) is 0 Å². The summed E-state index contributed by atoms with van der Waals surface area (Å²) in [4.78, 5) is 44.2. The molecule has 1 aromatic carbocycles. The van der Waals surface area contributed by atoms with Crippen LogP contribution in [0.2, 0.25) is 5.02 Å². The van der Waals surface area contributed by atoms with Crippen molar-refractivity contribution >= 4 is 29.4 Å². The zero-order valence-electron chi connectivity index (χ0n) is 18.2. The molecule has 0 atom stereocenters. The van der Waals surface area contributed by atoms with Crippen molar-refractivity contribution in [1.29, 1.82) is 0 Å². The molecule has 0 spiro atoms. The summed E-state index contributed by atoms with van der Waals surface area (Å²) in [6.45, 7) is 4.84. The molecule has 1 aromatic heterocycles. The van der Waals surface area contributed by atoms with Crippen molar-refractivity contribution in [2.75, 3.05) is 46.5 Å². The van der Waals surface area contributed by atoms with Gasteiger partial charge in [-0.15, -0.1) is 0 Å². The Morgan fingerprint density at radius 1 is 1.06 bits per heavy atom. The van der Waals surface area contributed by atoms with Crippen molar-refractivity contribution in [3.8, 4) is 0 Å². The predicted molar refractivity (Wildman–Crippen MR) is 116 cm³/mol. The first kappa shape index (κ1) is 23.7. The number of amides is 2. The van der Waals surface area contributed by atoms with E-state index >= 15 is 0 Å². The number of piperazine rings is 1. The van der Waals surface area contributed by atoms with Crippen LogP contribution >= 0.6 is 11.6 Å². The predicted octanol–water partition coefficient (Wildman–Crippen LogP) is 2.83. The molecule has 1 aliphatic rings. The topological polar surface area (TPSA) is 91.9 Å². The number of carbonyl (C=O) groups excluding carboxylic acids is 3. The van der Waals surface area contributed by atoms with Crippen LogP contribution in [-0.2, 0) is 9.47 Å². The van der Waals surface area contributed by atoms with Crippen molar-refractivity contribution in [1.82, 2.24) is 14.8 Å². The summed E-state index contributed by atoms with van der Waals surface area (Å²) < 4.78 is 24.1. The van der Waals surface area contributed by atoms with Gasteiger partial charge in [0.2, 0.25) is 0 Å². The molecule has 1 saturated heterocycles. The number of esters is 1. The van der Waals surface area contributed by atoms with Crippen molar-refractivity contribution in [3.05, 3.63) is 57.1 Å². The summed E-state index contributed by atoms with van der Waals surface area (Å²) in [7, 11) is 1.51. The van der Waals surface area contributed by atoms with Crippen LogP contribution in [0.4, 0.5) is 4.39 Å². The van der Waals surface area contributed by atoms with Crippen LogP contribution in [0, 0.1) is 19.7 Å². The number of nitrogens with zero attached hydrogens (tertiary/aromatic N) is 2. The van der Waals surface area contributed by atoms with Crippen molar-refractivity contribution in [2.45, 2.75) is 13.8 Å². The number of nitrogens with one attached hydrogen (secondary N) is 1. The van der Waals surface area contributed by atoms with Crippen molar-refractivity contribution in [3.63, 3.8) is 0 Å². The fraction of sp³-hybridized carbons (Fsp3) is 0.409. The highest BCUT2D eigenvalue weighted by Crippen LogP contribution is 2.22. The Balaban J connectivity index is 1.67. The van der Waals surface area contributed by atoms with E-state index in [9.17, 15) is 18.8 Å². The van der Waals surface area contributed by atoms with Gasteiger partial charge in [0.05, 0.1) is 17.7 Å². The van der Waals surface area contributed by atoms with Crippen LogP contribution in [0.1, 0.15) is 42.5 Å². The molecule has 0 unspecified atom stereocenters. The Labute approximate surface area is 190 Å². The lowest BCUT2D eigenvalue weighted by Crippen LogP contribution is -2.50. The largest absolute Gasteiger partial charge is 0.460 e. The van der Waals surface area contributed by atoms with E-state index in [0.717, 1.165) is 6.07 Å². The molecule has 8 nitrogen and oxygen atoms in total. The lowest BCUT2D eigenvalue weighted by Gasteiger charge is -2.34. The first-order chi connectivity index (χ1) is 15.2. The highest BCUT2D eigenvalue weighted by molar-refractivity contribution is 6.31. The number of hydrogen-bond acceptors (Lipinski definition) is 5. The molecular weight excluding hydrogens is 441 g/mol. The van der Waals surface area contributed by atoms with Crippen molar-refractivity contribution < 1.29 is 28.2 Å². The van der Waals surface area contributed by atoms with E-state index in [-0.39, 0.29) is 55.9 Å². The Kier molecular flexibility index (Phi) is 7.52. The van der Waals surface area contributed by atoms with Crippen LogP contribution in [0.15, 0.2) is 18.2 Å². The maximum Gasteiger partial charge on any atom is 0.340 e. The minimum absolute atomic E-state index is 0.0928. The Morgan fingerprint density at radius 3 is 2.31 bits per heavy atom. The lowest BCUT2D eigenvalue weighted by atomic mass is 10.1. The number of aromatic amines is 1. The van der Waals surface area contributed by atoms with Gasteiger partial charge in [-0.1, -0.05) is 11.6 Å². The second-order valence-corrected chi connectivity index (χ2v) is 7.90. The third-order valence-corrected chi connectivity index (χ3v) is 5.62. The molecule has 0 bridgehead atoms. The number of methoxy groups -OCH3 is 1. The van der Waals surface area contributed by atoms with Crippen LogP contribution in [0.25, 0.3) is 0 Å². The van der Waals surface area contributed by atoms with Gasteiger partial charge in [0.25, 0.3) is 11.8 Å². The van der Waals surface area contributed by atoms with Gasteiger partial charge in [-0.25, -0.2) is 9.18 Å². The van der Waals surface area contributed by atoms with Gasteiger partial charge in [-0.05, 0) is 37.6 Å². The van der Waals surface area contributed by atoms with E-state index in [2.05, 4.69) is 4.98 Å². The number of carbonyl (C=O) groups is 3. The van der Waals surface area contributed by atoms with Gasteiger partial charge in [-0.3, -0.25) is 9.59 Å². The number of aromatic nitrogens is 1. The summed E-state index contributed by atoms with van der Waals surface area (Å²) in [5.41, 5.74) is 1.59. The molecule has 10 heteroatoms. The zero-order valence-corrected chi connectivity index (χ0v) is 18.9. The van der Waals surface area contributed by atoms with E-state index in [1.807, 2.05) is 0 Å². The second-order valence-electron chi connectivity index (χ2n) is 7.46. The monoisotopic (exact) mass is 465 g/mol. The fourth-order valence-corrected chi connectivity index (χ4v) is 3.83. The van der Waals surface area contributed by atoms with Gasteiger partial charge in [0, 0.05) is 44.0 Å². The zero-order chi connectivity index (χ0) is 23.4. The smallest absolute Gasteiger partial charge is 0.340 e. The summed E-state index contributed by atoms with van der Waals surface area (Å²) in [6, 6.07) is 3.84. The van der Waals surface area contributed by atoms with Gasteiger partial charge >= 0.3 is 5.97 Å². The third kappa shape index (κ3) is 4.94. The molecule has 32 heavy (non-hydrogen) atoms. The van der Waals surface area contributed by atoms with E-state index < -0.39 is 17.7 Å². The Hall–Kier alpha value is -2.91. The van der Waals surface area contributed by atoms with Crippen LogP contribution < -0.4 is 0 Å². The highest BCUT2D eigenvalue weighted by atomic mass is 35.5. The minimum atomic E-state index is -0.639. The normalized spacial score (nSPS) is 13.9. The standard InChI is InChI=1S/C22H25ClFN3O5/c1-13-18(22(30)32-11-10-31-3)14(2)25-19(13)21(29)27-8-6-26(7-9-27)20(28)16-12-15(23)4-5-17(16)24/h4-5,12,25H,6-11H2,1-3H3. The van der Waals surface area contributed by atoms with E-state index in [0.29, 0.717) is 22.5 Å². The fourth-order valence-electron chi connectivity index (χ4n) is 3.66. The molecule has 0 radical (unpaired) electrons. The maximum atomic E-state index is 14.0. The van der Waals surface area contributed by atoms with E-state index in [1.54, 1.807) is 18.7 Å². The molecular formula is C22H25ClFN3O5. The minimum Gasteiger partial charge on any atom is -0.460 e. The van der Waals surface area contributed by atoms with Gasteiger partial charge in [0.15, 0.2) is 0 Å². The molecule has 1 N–H and O–H groups in total. The van der Waals surface area contributed by atoms with Crippen molar-refractivity contribution in [2.24, 2.45) is 0 Å². The number of halogens is 2.